The van der Waals surface area contributed by atoms with E-state index >= 15 is 0 Å². The van der Waals surface area contributed by atoms with E-state index in [-0.39, 0.29) is 5.75 Å². The highest BCUT2D eigenvalue weighted by Crippen LogP contribution is 2.29. The van der Waals surface area contributed by atoms with E-state index in [0.29, 0.717) is 5.75 Å². The van der Waals surface area contributed by atoms with Gasteiger partial charge < -0.3 is 24.4 Å². The molecule has 2 heterocycles. The highest BCUT2D eigenvalue weighted by molar-refractivity contribution is 7.86. The molecule has 1 unspecified atom stereocenters. The molecule has 0 radical (unpaired) electrons. The zero-order valence-electron chi connectivity index (χ0n) is 14.2. The fraction of sp³-hybridized carbons (Fsp3) is 0.353. The van der Waals surface area contributed by atoms with Crippen molar-refractivity contribution in [2.75, 3.05) is 0 Å². The molecule has 146 valence electrons. The van der Waals surface area contributed by atoms with Gasteiger partial charge in [0.2, 0.25) is 11.7 Å². The fourth-order valence-corrected chi connectivity index (χ4v) is 3.36. The highest BCUT2D eigenvalue weighted by Gasteiger charge is 2.52. The Morgan fingerprint density at radius 1 is 1.00 bits per heavy atom. The van der Waals surface area contributed by atoms with E-state index in [1.54, 1.807) is 49.4 Å². The van der Waals surface area contributed by atoms with Crippen molar-refractivity contribution in [2.45, 2.75) is 37.0 Å². The first-order valence-corrected chi connectivity index (χ1v) is 9.55. The molecule has 10 heteroatoms. The number of aliphatic hydroxyl groups is 2. The third-order valence-electron chi connectivity index (χ3n) is 3.94. The standard InChI is InChI=1S/C17H19NO8S/c1-10-7-8-12(9-18-10)24-15-13(19)16(25-11-5-3-2-4-6-11)26-17(14(15)20)27(21,22)23/h2-9,13-17,19-20H,1H3,(H,21,22,23)/t13-,14+,15-,16-,17?/m1/s1. The number of aliphatic hydroxyl groups excluding tert-OH is 2. The molecule has 5 atom stereocenters. The van der Waals surface area contributed by atoms with Crippen LogP contribution in [0, 0.1) is 6.92 Å². The summed E-state index contributed by atoms with van der Waals surface area (Å²) in [5, 5.41) is 20.8. The van der Waals surface area contributed by atoms with Crippen LogP contribution in [0.3, 0.4) is 0 Å². The van der Waals surface area contributed by atoms with Gasteiger partial charge >= 0.3 is 0 Å². The average molecular weight is 397 g/mol. The van der Waals surface area contributed by atoms with Gasteiger partial charge in [-0.15, -0.1) is 0 Å². The first-order valence-electron chi connectivity index (χ1n) is 8.04. The zero-order valence-corrected chi connectivity index (χ0v) is 15.1. The van der Waals surface area contributed by atoms with E-state index in [2.05, 4.69) is 4.98 Å². The minimum absolute atomic E-state index is 0.193. The number of rotatable bonds is 5. The lowest BCUT2D eigenvalue weighted by Gasteiger charge is -2.40. The quantitative estimate of drug-likeness (QED) is 0.617. The van der Waals surface area contributed by atoms with Crippen molar-refractivity contribution < 1.29 is 37.4 Å². The maximum Gasteiger partial charge on any atom is 0.295 e. The van der Waals surface area contributed by atoms with Crippen LogP contribution >= 0.6 is 0 Å². The van der Waals surface area contributed by atoms with Crippen LogP contribution in [0.4, 0.5) is 0 Å². The summed E-state index contributed by atoms with van der Waals surface area (Å²) >= 11 is 0. The first-order chi connectivity index (χ1) is 12.8. The lowest BCUT2D eigenvalue weighted by Crippen LogP contribution is -2.62. The number of pyridine rings is 1. The van der Waals surface area contributed by atoms with Crippen molar-refractivity contribution >= 4 is 10.1 Å². The second kappa shape index (κ2) is 7.79. The molecule has 9 nitrogen and oxygen atoms in total. The molecule has 1 aromatic carbocycles. The van der Waals surface area contributed by atoms with Crippen LogP contribution in [0.15, 0.2) is 48.7 Å². The Hall–Kier alpha value is -2.24. The third-order valence-corrected chi connectivity index (χ3v) is 4.92. The van der Waals surface area contributed by atoms with E-state index in [1.807, 2.05) is 0 Å². The van der Waals surface area contributed by atoms with Gasteiger partial charge in [0, 0.05) is 5.69 Å². The minimum Gasteiger partial charge on any atom is -0.483 e. The Morgan fingerprint density at radius 2 is 1.70 bits per heavy atom. The molecule has 3 N–H and O–H groups in total. The monoisotopic (exact) mass is 397 g/mol. The number of aromatic nitrogens is 1. The van der Waals surface area contributed by atoms with Crippen molar-refractivity contribution in [3.05, 3.63) is 54.4 Å². The smallest absolute Gasteiger partial charge is 0.295 e. The largest absolute Gasteiger partial charge is 0.483 e. The number of hydrogen-bond acceptors (Lipinski definition) is 8. The number of ether oxygens (including phenoxy) is 3. The van der Waals surface area contributed by atoms with E-state index in [4.69, 9.17) is 14.2 Å². The van der Waals surface area contributed by atoms with E-state index in [0.717, 1.165) is 5.69 Å². The van der Waals surface area contributed by atoms with Gasteiger partial charge in [0.1, 0.15) is 17.6 Å². The van der Waals surface area contributed by atoms with Crippen LogP contribution in [0.2, 0.25) is 0 Å². The molecular weight excluding hydrogens is 378 g/mol. The predicted octanol–water partition coefficient (Wildman–Crippen LogP) is 0.508. The summed E-state index contributed by atoms with van der Waals surface area (Å²) in [6.45, 7) is 1.76. The van der Waals surface area contributed by atoms with Crippen LogP contribution in [-0.2, 0) is 14.9 Å². The van der Waals surface area contributed by atoms with Crippen LogP contribution in [0.25, 0.3) is 0 Å². The molecule has 2 aromatic rings. The molecule has 1 saturated heterocycles. The minimum atomic E-state index is -4.81. The zero-order chi connectivity index (χ0) is 19.6. The molecule has 1 aromatic heterocycles. The Labute approximate surface area is 155 Å². The van der Waals surface area contributed by atoms with Crippen molar-refractivity contribution in [1.82, 2.24) is 4.98 Å². The van der Waals surface area contributed by atoms with Gasteiger partial charge in [-0.05, 0) is 31.2 Å². The molecule has 1 aliphatic rings. The summed E-state index contributed by atoms with van der Waals surface area (Å²) < 4.78 is 48.7. The second-order valence-electron chi connectivity index (χ2n) is 6.02. The number of benzene rings is 1. The molecule has 0 amide bonds. The topological polar surface area (TPSA) is 135 Å². The highest BCUT2D eigenvalue weighted by atomic mass is 32.2. The fourth-order valence-electron chi connectivity index (χ4n) is 2.60. The maximum atomic E-state index is 11.6. The Morgan fingerprint density at radius 3 is 2.30 bits per heavy atom. The van der Waals surface area contributed by atoms with Crippen molar-refractivity contribution in [3.63, 3.8) is 0 Å². The maximum absolute atomic E-state index is 11.6. The molecule has 0 aliphatic carbocycles. The molecule has 0 spiro atoms. The summed E-state index contributed by atoms with van der Waals surface area (Å²) in [4.78, 5) is 4.03. The molecule has 1 aliphatic heterocycles. The normalized spacial score (nSPS) is 28.5. The molecule has 0 saturated carbocycles. The van der Waals surface area contributed by atoms with Gasteiger partial charge in [-0.25, -0.2) is 0 Å². The van der Waals surface area contributed by atoms with Crippen LogP contribution < -0.4 is 9.47 Å². The second-order valence-corrected chi connectivity index (χ2v) is 7.51. The van der Waals surface area contributed by atoms with Crippen LogP contribution in [0.1, 0.15) is 5.69 Å². The average Bonchev–Trinajstić information content (AvgIpc) is 2.62. The lowest BCUT2D eigenvalue weighted by molar-refractivity contribution is -0.248. The van der Waals surface area contributed by atoms with Crippen molar-refractivity contribution in [3.8, 4) is 11.5 Å². The summed E-state index contributed by atoms with van der Waals surface area (Å²) in [6, 6.07) is 11.4. The Bertz CT molecular complexity index is 858. The Balaban J connectivity index is 1.87. The summed E-state index contributed by atoms with van der Waals surface area (Å²) in [5.74, 6) is 0.487. The van der Waals surface area contributed by atoms with Gasteiger partial charge in [0.25, 0.3) is 10.1 Å². The molecular formula is C17H19NO8S. The van der Waals surface area contributed by atoms with E-state index in [9.17, 15) is 23.2 Å². The van der Waals surface area contributed by atoms with Gasteiger partial charge in [0.05, 0.1) is 6.20 Å². The SMILES string of the molecule is Cc1ccc(O[C@@H]2[C@@H](O)[C@H](Oc3ccccc3)OC(S(=O)(=O)O)[C@H]2O)cn1. The summed E-state index contributed by atoms with van der Waals surface area (Å²) in [5.41, 5.74) is -1.34. The summed E-state index contributed by atoms with van der Waals surface area (Å²) in [7, 11) is -4.81. The van der Waals surface area contributed by atoms with Gasteiger partial charge in [-0.2, -0.15) is 8.42 Å². The van der Waals surface area contributed by atoms with Crippen molar-refractivity contribution in [2.24, 2.45) is 0 Å². The molecule has 3 rings (SSSR count). The van der Waals surface area contributed by atoms with Gasteiger partial charge in [0.15, 0.2) is 12.2 Å². The molecule has 0 bridgehead atoms. The van der Waals surface area contributed by atoms with Crippen molar-refractivity contribution in [1.29, 1.82) is 0 Å². The first kappa shape index (κ1) is 19.5. The van der Waals surface area contributed by atoms with Crippen LogP contribution in [-0.4, -0.2) is 58.2 Å². The Kier molecular flexibility index (Phi) is 5.63. The van der Waals surface area contributed by atoms with Gasteiger partial charge in [-0.1, -0.05) is 18.2 Å². The third kappa shape index (κ3) is 4.54. The number of nitrogens with zero attached hydrogens (tertiary/aromatic N) is 1. The number of para-hydroxylation sites is 1. The van der Waals surface area contributed by atoms with Crippen LogP contribution in [0.5, 0.6) is 11.5 Å². The molecule has 1 fully saturated rings. The van der Waals surface area contributed by atoms with Gasteiger partial charge in [-0.3, -0.25) is 9.54 Å². The molecule has 27 heavy (non-hydrogen) atoms. The number of aryl methyl sites for hydroxylation is 1. The lowest BCUT2D eigenvalue weighted by atomic mass is 10.0. The van der Waals surface area contributed by atoms with E-state index in [1.165, 1.54) is 6.20 Å². The predicted molar refractivity (Wildman–Crippen MR) is 92.7 cm³/mol. The summed E-state index contributed by atoms with van der Waals surface area (Å²) in [6.07, 6.45) is -5.03. The number of hydrogen-bond donors (Lipinski definition) is 3. The van der Waals surface area contributed by atoms with E-state index < -0.39 is 40.2 Å².